The number of hydrazine groups is 1. The first kappa shape index (κ1) is 26.1. The Morgan fingerprint density at radius 3 is 2.37 bits per heavy atom. The lowest BCUT2D eigenvalue weighted by Crippen LogP contribution is -2.49. The molecule has 182 valence electrons. The summed E-state index contributed by atoms with van der Waals surface area (Å²) in [7, 11) is 1.59. The number of carbonyl (C=O) groups is 2. The number of carbonyl (C=O) groups excluding carboxylic acids is 2. The molecule has 8 nitrogen and oxygen atoms in total. The minimum absolute atomic E-state index is 0.0652. The van der Waals surface area contributed by atoms with Crippen LogP contribution in [0.3, 0.4) is 0 Å². The minimum atomic E-state index is -0.468. The summed E-state index contributed by atoms with van der Waals surface area (Å²) in [5, 5.41) is 2.43. The van der Waals surface area contributed by atoms with Gasteiger partial charge in [0.15, 0.2) is 11.7 Å². The summed E-state index contributed by atoms with van der Waals surface area (Å²) in [5.41, 5.74) is 7.11. The van der Waals surface area contributed by atoms with Crippen molar-refractivity contribution in [2.45, 2.75) is 0 Å². The Morgan fingerprint density at radius 2 is 1.63 bits per heavy atom. The molecule has 3 N–H and O–H groups in total. The van der Waals surface area contributed by atoms with E-state index in [1.165, 1.54) is 0 Å². The maximum Gasteiger partial charge on any atom is 0.276 e. The number of methoxy groups -OCH3 is 1. The van der Waals surface area contributed by atoms with Gasteiger partial charge in [-0.3, -0.25) is 25.8 Å². The second-order valence-corrected chi connectivity index (χ2v) is 8.36. The number of nitrogens with one attached hydrogen (secondary N) is 3. The highest BCUT2D eigenvalue weighted by Crippen LogP contribution is 2.29. The Hall–Kier alpha value is -3.47. The van der Waals surface area contributed by atoms with Crippen molar-refractivity contribution in [2.24, 2.45) is 0 Å². The van der Waals surface area contributed by atoms with Gasteiger partial charge in [-0.05, 0) is 58.0 Å². The standard InChI is InChI=1S/C25H24BrN3O5S/c1-32-13-14-33-22-12-11-18(15-20(22)26)24(31)27-25(35)29-28-23(30)16-34-21-10-6-5-9-19(21)17-7-3-2-4-8-17/h2-12,15H,13-14,16H2,1H3,(H,28,30)(H2,27,29,31,35). The molecule has 0 fully saturated rings. The van der Waals surface area contributed by atoms with E-state index in [1.807, 2.05) is 48.5 Å². The quantitative estimate of drug-likeness (QED) is 0.209. The SMILES string of the molecule is COCCOc1ccc(C(=O)NC(=S)NNC(=O)COc2ccccc2-c2ccccc2)cc1Br. The van der Waals surface area contributed by atoms with E-state index in [2.05, 4.69) is 32.1 Å². The van der Waals surface area contributed by atoms with Crippen LogP contribution in [0.4, 0.5) is 0 Å². The number of thiocarbonyl (C=S) groups is 1. The molecule has 0 saturated heterocycles. The lowest BCUT2D eigenvalue weighted by Gasteiger charge is -2.14. The molecule has 0 aliphatic carbocycles. The van der Waals surface area contributed by atoms with E-state index in [0.29, 0.717) is 34.7 Å². The van der Waals surface area contributed by atoms with Crippen molar-refractivity contribution in [3.63, 3.8) is 0 Å². The number of rotatable bonds is 9. The summed E-state index contributed by atoms with van der Waals surface area (Å²) in [5.74, 6) is 0.240. The molecule has 3 aromatic rings. The topological polar surface area (TPSA) is 97.9 Å². The van der Waals surface area contributed by atoms with Gasteiger partial charge >= 0.3 is 0 Å². The van der Waals surface area contributed by atoms with Gasteiger partial charge in [-0.25, -0.2) is 0 Å². The Labute approximate surface area is 217 Å². The van der Waals surface area contributed by atoms with Crippen LogP contribution in [-0.4, -0.2) is 43.9 Å². The van der Waals surface area contributed by atoms with Gasteiger partial charge in [0.25, 0.3) is 11.8 Å². The average molecular weight is 558 g/mol. The van der Waals surface area contributed by atoms with E-state index >= 15 is 0 Å². The smallest absolute Gasteiger partial charge is 0.276 e. The first-order valence-electron chi connectivity index (χ1n) is 10.6. The van der Waals surface area contributed by atoms with Gasteiger partial charge < -0.3 is 14.2 Å². The molecule has 35 heavy (non-hydrogen) atoms. The zero-order chi connectivity index (χ0) is 25.0. The molecule has 0 unspecified atom stereocenters. The first-order valence-corrected chi connectivity index (χ1v) is 11.8. The molecule has 3 aromatic carbocycles. The molecule has 0 bridgehead atoms. The lowest BCUT2D eigenvalue weighted by atomic mass is 10.1. The van der Waals surface area contributed by atoms with Crippen LogP contribution in [0.5, 0.6) is 11.5 Å². The molecule has 0 spiro atoms. The second-order valence-electron chi connectivity index (χ2n) is 7.09. The van der Waals surface area contributed by atoms with Gasteiger partial charge in [-0.1, -0.05) is 48.5 Å². The van der Waals surface area contributed by atoms with E-state index in [0.717, 1.165) is 11.1 Å². The number of halogens is 1. The minimum Gasteiger partial charge on any atom is -0.490 e. The summed E-state index contributed by atoms with van der Waals surface area (Å²) < 4.78 is 16.8. The number of hydrogen-bond acceptors (Lipinski definition) is 6. The molecule has 2 amide bonds. The number of hydrogen-bond donors (Lipinski definition) is 3. The fraction of sp³-hybridized carbons (Fsp3) is 0.160. The number of ether oxygens (including phenoxy) is 3. The molecule has 10 heteroatoms. The molecule has 0 aromatic heterocycles. The third kappa shape index (κ3) is 8.06. The summed E-state index contributed by atoms with van der Waals surface area (Å²) >= 11 is 8.47. The fourth-order valence-corrected chi connectivity index (χ4v) is 3.59. The van der Waals surface area contributed by atoms with Crippen molar-refractivity contribution in [1.82, 2.24) is 16.2 Å². The van der Waals surface area contributed by atoms with Crippen molar-refractivity contribution < 1.29 is 23.8 Å². The fourth-order valence-electron chi connectivity index (χ4n) is 2.96. The van der Waals surface area contributed by atoms with E-state index < -0.39 is 11.8 Å². The van der Waals surface area contributed by atoms with Crippen LogP contribution in [-0.2, 0) is 9.53 Å². The van der Waals surface area contributed by atoms with Crippen molar-refractivity contribution in [3.05, 3.63) is 82.8 Å². The van der Waals surface area contributed by atoms with Gasteiger partial charge in [-0.15, -0.1) is 0 Å². The van der Waals surface area contributed by atoms with Crippen molar-refractivity contribution in [1.29, 1.82) is 0 Å². The van der Waals surface area contributed by atoms with Crippen molar-refractivity contribution >= 4 is 45.1 Å². The number of para-hydroxylation sites is 1. The third-order valence-corrected chi connectivity index (χ3v) is 5.44. The molecule has 0 aliphatic rings. The van der Waals surface area contributed by atoms with Gasteiger partial charge in [0.2, 0.25) is 0 Å². The van der Waals surface area contributed by atoms with E-state index in [9.17, 15) is 9.59 Å². The van der Waals surface area contributed by atoms with Crippen LogP contribution in [0.1, 0.15) is 10.4 Å². The average Bonchev–Trinajstić information content (AvgIpc) is 2.88. The van der Waals surface area contributed by atoms with Crippen LogP contribution in [0.25, 0.3) is 11.1 Å². The zero-order valence-corrected chi connectivity index (χ0v) is 21.3. The second kappa shape index (κ2) is 13.4. The van der Waals surface area contributed by atoms with Crippen LogP contribution >= 0.6 is 28.1 Å². The highest BCUT2D eigenvalue weighted by Gasteiger charge is 2.12. The molecule has 0 radical (unpaired) electrons. The molecule has 0 heterocycles. The van der Waals surface area contributed by atoms with Gasteiger partial charge in [-0.2, -0.15) is 0 Å². The van der Waals surface area contributed by atoms with Crippen molar-refractivity contribution in [2.75, 3.05) is 26.9 Å². The maximum atomic E-state index is 12.4. The molecule has 0 aliphatic heterocycles. The third-order valence-electron chi connectivity index (χ3n) is 4.61. The Bertz CT molecular complexity index is 1180. The van der Waals surface area contributed by atoms with Crippen LogP contribution in [0.15, 0.2) is 77.3 Å². The highest BCUT2D eigenvalue weighted by molar-refractivity contribution is 9.10. The number of amides is 2. The van der Waals surface area contributed by atoms with Gasteiger partial charge in [0, 0.05) is 18.2 Å². The van der Waals surface area contributed by atoms with Crippen LogP contribution in [0, 0.1) is 0 Å². The largest absolute Gasteiger partial charge is 0.490 e. The molecule has 0 atom stereocenters. The molecule has 3 rings (SSSR count). The summed E-state index contributed by atoms with van der Waals surface area (Å²) in [6.07, 6.45) is 0. The molecule has 0 saturated carbocycles. The van der Waals surface area contributed by atoms with E-state index in [-0.39, 0.29) is 11.7 Å². The van der Waals surface area contributed by atoms with E-state index in [4.69, 9.17) is 26.4 Å². The summed E-state index contributed by atoms with van der Waals surface area (Å²) in [4.78, 5) is 24.7. The first-order chi connectivity index (χ1) is 17.0. The Kier molecular flexibility index (Phi) is 10.0. The highest BCUT2D eigenvalue weighted by atomic mass is 79.9. The zero-order valence-electron chi connectivity index (χ0n) is 18.9. The van der Waals surface area contributed by atoms with Gasteiger partial charge in [0.1, 0.15) is 18.1 Å². The molecular weight excluding hydrogens is 534 g/mol. The number of benzene rings is 3. The monoisotopic (exact) mass is 557 g/mol. The predicted octanol–water partition coefficient (Wildman–Crippen LogP) is 3.86. The van der Waals surface area contributed by atoms with E-state index in [1.54, 1.807) is 31.4 Å². The summed E-state index contributed by atoms with van der Waals surface area (Å²) in [6.45, 7) is 0.589. The van der Waals surface area contributed by atoms with Crippen LogP contribution < -0.4 is 25.6 Å². The predicted molar refractivity (Wildman–Crippen MR) is 140 cm³/mol. The van der Waals surface area contributed by atoms with Crippen LogP contribution in [0.2, 0.25) is 0 Å². The Morgan fingerprint density at radius 1 is 0.886 bits per heavy atom. The summed E-state index contributed by atoms with van der Waals surface area (Å²) in [6, 6.07) is 22.0. The maximum absolute atomic E-state index is 12.4. The van der Waals surface area contributed by atoms with Gasteiger partial charge in [0.05, 0.1) is 11.1 Å². The normalized spacial score (nSPS) is 10.2. The lowest BCUT2D eigenvalue weighted by molar-refractivity contribution is -0.123. The van der Waals surface area contributed by atoms with Crippen molar-refractivity contribution in [3.8, 4) is 22.6 Å². The molecular formula is C25H24BrN3O5S. The Balaban J connectivity index is 1.46.